The Morgan fingerprint density at radius 3 is 2.00 bits per heavy atom. The molecule has 3 rings (SSSR count). The SMILES string of the molecule is CC1CCC(CC2=CCC2)C(C2CCCCCCCCC2)CC1. The second-order valence-corrected chi connectivity index (χ2v) is 9.10. The van der Waals surface area contributed by atoms with Gasteiger partial charge in [0.1, 0.15) is 0 Å². The summed E-state index contributed by atoms with van der Waals surface area (Å²) in [7, 11) is 0. The van der Waals surface area contributed by atoms with E-state index in [0.717, 1.165) is 23.7 Å². The zero-order valence-electron chi connectivity index (χ0n) is 15.7. The average Bonchev–Trinajstić information content (AvgIpc) is 2.70. The number of hydrogen-bond acceptors (Lipinski definition) is 0. The normalized spacial score (nSPS) is 35.0. The minimum Gasteiger partial charge on any atom is -0.0850 e. The maximum atomic E-state index is 2.54. The summed E-state index contributed by atoms with van der Waals surface area (Å²) in [6.45, 7) is 2.51. The van der Waals surface area contributed by atoms with Crippen molar-refractivity contribution in [2.75, 3.05) is 0 Å². The molecule has 0 spiro atoms. The molecule has 0 heterocycles. The summed E-state index contributed by atoms with van der Waals surface area (Å²) in [5, 5.41) is 0. The maximum Gasteiger partial charge on any atom is -0.0285 e. The van der Waals surface area contributed by atoms with Gasteiger partial charge < -0.3 is 0 Å². The fraction of sp³-hybridized carbons (Fsp3) is 0.913. The third-order valence-corrected chi connectivity index (χ3v) is 7.31. The van der Waals surface area contributed by atoms with E-state index in [4.69, 9.17) is 0 Å². The molecule has 0 saturated heterocycles. The standard InChI is InChI=1S/C23H40/c1-19-14-16-22(18-20-10-9-11-20)23(17-15-19)21-12-7-5-3-2-4-6-8-13-21/h10,19,21-23H,2-9,11-18H2,1H3. The molecule has 0 aromatic carbocycles. The smallest absolute Gasteiger partial charge is 0.0285 e. The van der Waals surface area contributed by atoms with Crippen LogP contribution in [0, 0.1) is 23.7 Å². The summed E-state index contributed by atoms with van der Waals surface area (Å²) < 4.78 is 0. The second kappa shape index (κ2) is 9.28. The molecule has 0 nitrogen and oxygen atoms in total. The Bertz CT molecular complexity index is 356. The molecular weight excluding hydrogens is 276 g/mol. The van der Waals surface area contributed by atoms with Crippen LogP contribution >= 0.6 is 0 Å². The monoisotopic (exact) mass is 316 g/mol. The Labute approximate surface area is 145 Å². The average molecular weight is 317 g/mol. The zero-order valence-corrected chi connectivity index (χ0v) is 15.7. The minimum absolute atomic E-state index is 0.984. The predicted octanol–water partition coefficient (Wildman–Crippen LogP) is 7.68. The summed E-state index contributed by atoms with van der Waals surface area (Å²) in [6, 6.07) is 0. The van der Waals surface area contributed by atoms with Gasteiger partial charge >= 0.3 is 0 Å². The van der Waals surface area contributed by atoms with Gasteiger partial charge in [0.05, 0.1) is 0 Å². The van der Waals surface area contributed by atoms with E-state index in [0.29, 0.717) is 0 Å². The Hall–Kier alpha value is -0.260. The van der Waals surface area contributed by atoms with Gasteiger partial charge in [-0.05, 0) is 55.8 Å². The zero-order chi connectivity index (χ0) is 15.9. The van der Waals surface area contributed by atoms with Crippen molar-refractivity contribution in [2.45, 2.75) is 110 Å². The van der Waals surface area contributed by atoms with Gasteiger partial charge in [0.2, 0.25) is 0 Å². The van der Waals surface area contributed by atoms with Gasteiger partial charge in [0.15, 0.2) is 0 Å². The van der Waals surface area contributed by atoms with Crippen LogP contribution in [0.15, 0.2) is 11.6 Å². The molecule has 2 saturated carbocycles. The van der Waals surface area contributed by atoms with E-state index in [1.807, 2.05) is 5.57 Å². The lowest BCUT2D eigenvalue weighted by Gasteiger charge is -2.35. The van der Waals surface area contributed by atoms with Crippen LogP contribution in [0.4, 0.5) is 0 Å². The fourth-order valence-corrected chi connectivity index (χ4v) is 5.58. The first-order chi connectivity index (χ1) is 11.3. The summed E-state index contributed by atoms with van der Waals surface area (Å²) >= 11 is 0. The molecule has 0 amide bonds. The van der Waals surface area contributed by atoms with Crippen LogP contribution in [-0.2, 0) is 0 Å². The first-order valence-corrected chi connectivity index (χ1v) is 11.0. The Morgan fingerprint density at radius 1 is 0.783 bits per heavy atom. The molecule has 132 valence electrons. The molecule has 3 aliphatic carbocycles. The summed E-state index contributed by atoms with van der Waals surface area (Å²) in [5.41, 5.74) is 1.81. The highest BCUT2D eigenvalue weighted by Crippen LogP contribution is 2.44. The van der Waals surface area contributed by atoms with Crippen LogP contribution in [0.1, 0.15) is 110 Å². The van der Waals surface area contributed by atoms with Crippen LogP contribution < -0.4 is 0 Å². The number of hydrogen-bond donors (Lipinski definition) is 0. The van der Waals surface area contributed by atoms with Gasteiger partial charge in [-0.15, -0.1) is 0 Å². The van der Waals surface area contributed by atoms with Crippen LogP contribution in [0.3, 0.4) is 0 Å². The van der Waals surface area contributed by atoms with E-state index in [2.05, 4.69) is 13.0 Å². The molecule has 3 aliphatic rings. The van der Waals surface area contributed by atoms with Crippen molar-refractivity contribution in [3.05, 3.63) is 11.6 Å². The van der Waals surface area contributed by atoms with E-state index >= 15 is 0 Å². The fourth-order valence-electron chi connectivity index (χ4n) is 5.58. The Morgan fingerprint density at radius 2 is 1.39 bits per heavy atom. The van der Waals surface area contributed by atoms with Crippen LogP contribution in [-0.4, -0.2) is 0 Å². The van der Waals surface area contributed by atoms with Gasteiger partial charge in [0, 0.05) is 0 Å². The largest absolute Gasteiger partial charge is 0.0850 e. The summed E-state index contributed by atoms with van der Waals surface area (Å²) in [6.07, 6.45) is 26.5. The molecule has 0 aromatic rings. The van der Waals surface area contributed by atoms with E-state index in [1.54, 1.807) is 19.3 Å². The van der Waals surface area contributed by atoms with Crippen molar-refractivity contribution in [1.29, 1.82) is 0 Å². The second-order valence-electron chi connectivity index (χ2n) is 9.10. The van der Waals surface area contributed by atoms with E-state index < -0.39 is 0 Å². The Kier molecular flexibility index (Phi) is 7.09. The Balaban J connectivity index is 1.64. The molecule has 0 bridgehead atoms. The van der Waals surface area contributed by atoms with Gasteiger partial charge in [0.25, 0.3) is 0 Å². The van der Waals surface area contributed by atoms with Crippen LogP contribution in [0.25, 0.3) is 0 Å². The number of rotatable bonds is 3. The number of allylic oxidation sites excluding steroid dienone is 2. The predicted molar refractivity (Wildman–Crippen MR) is 102 cm³/mol. The highest BCUT2D eigenvalue weighted by Gasteiger charge is 2.32. The summed E-state index contributed by atoms with van der Waals surface area (Å²) in [4.78, 5) is 0. The molecular formula is C23H40. The lowest BCUT2D eigenvalue weighted by molar-refractivity contribution is 0.178. The maximum absolute atomic E-state index is 2.54. The van der Waals surface area contributed by atoms with Crippen LogP contribution in [0.2, 0.25) is 0 Å². The van der Waals surface area contributed by atoms with Gasteiger partial charge in [-0.1, -0.05) is 89.2 Å². The summed E-state index contributed by atoms with van der Waals surface area (Å²) in [5.74, 6) is 4.13. The third-order valence-electron chi connectivity index (χ3n) is 7.31. The topological polar surface area (TPSA) is 0 Å². The van der Waals surface area contributed by atoms with Crippen molar-refractivity contribution in [2.24, 2.45) is 23.7 Å². The van der Waals surface area contributed by atoms with E-state index in [9.17, 15) is 0 Å². The highest BCUT2D eigenvalue weighted by atomic mass is 14.4. The van der Waals surface area contributed by atoms with Crippen LogP contribution in [0.5, 0.6) is 0 Å². The molecule has 3 unspecified atom stereocenters. The minimum atomic E-state index is 0.984. The molecule has 0 N–H and O–H groups in total. The molecule has 0 aliphatic heterocycles. The van der Waals surface area contributed by atoms with E-state index in [-0.39, 0.29) is 0 Å². The van der Waals surface area contributed by atoms with Crippen molar-refractivity contribution in [3.63, 3.8) is 0 Å². The lowest BCUT2D eigenvalue weighted by atomic mass is 9.71. The molecule has 0 radical (unpaired) electrons. The van der Waals surface area contributed by atoms with Gasteiger partial charge in [-0.3, -0.25) is 0 Å². The van der Waals surface area contributed by atoms with Crippen molar-refractivity contribution >= 4 is 0 Å². The van der Waals surface area contributed by atoms with Crippen molar-refractivity contribution < 1.29 is 0 Å². The van der Waals surface area contributed by atoms with Gasteiger partial charge in [-0.2, -0.15) is 0 Å². The first kappa shape index (κ1) is 17.6. The van der Waals surface area contributed by atoms with Crippen molar-refractivity contribution in [3.8, 4) is 0 Å². The lowest BCUT2D eigenvalue weighted by Crippen LogP contribution is -2.24. The molecule has 0 aromatic heterocycles. The quantitative estimate of drug-likeness (QED) is 0.370. The first-order valence-electron chi connectivity index (χ1n) is 11.0. The third kappa shape index (κ3) is 5.36. The highest BCUT2D eigenvalue weighted by molar-refractivity contribution is 5.13. The molecule has 3 atom stereocenters. The van der Waals surface area contributed by atoms with Crippen molar-refractivity contribution in [1.82, 2.24) is 0 Å². The molecule has 0 heteroatoms. The van der Waals surface area contributed by atoms with Gasteiger partial charge in [-0.25, -0.2) is 0 Å². The van der Waals surface area contributed by atoms with E-state index in [1.165, 1.54) is 83.5 Å². The molecule has 23 heavy (non-hydrogen) atoms. The molecule has 2 fully saturated rings.